The molecule has 0 bridgehead atoms. The standard InChI is InChI=1S/C19H25N3O/c1-13-19(15-8-10-20-11-9-15)14(2)22-18(21-13)12-16-6-4-5-7-17(16)23-3/h4-7,15,20H,8-12H2,1-3H3. The topological polar surface area (TPSA) is 47.0 Å². The van der Waals surface area contributed by atoms with Gasteiger partial charge in [0, 0.05) is 23.4 Å². The number of nitrogens with zero attached hydrogens (tertiary/aromatic N) is 2. The predicted octanol–water partition coefficient (Wildman–Crippen LogP) is 3.16. The second-order valence-electron chi connectivity index (χ2n) is 6.24. The van der Waals surface area contributed by atoms with Crippen molar-refractivity contribution in [2.75, 3.05) is 20.2 Å². The molecule has 122 valence electrons. The molecule has 0 atom stereocenters. The molecule has 0 spiro atoms. The number of piperidine rings is 1. The lowest BCUT2D eigenvalue weighted by Gasteiger charge is -2.25. The first-order valence-corrected chi connectivity index (χ1v) is 8.35. The highest BCUT2D eigenvalue weighted by Gasteiger charge is 2.21. The van der Waals surface area contributed by atoms with Crippen molar-refractivity contribution in [1.82, 2.24) is 15.3 Å². The fourth-order valence-corrected chi connectivity index (χ4v) is 3.59. The van der Waals surface area contributed by atoms with Gasteiger partial charge in [-0.05, 0) is 57.3 Å². The smallest absolute Gasteiger partial charge is 0.133 e. The lowest BCUT2D eigenvalue weighted by atomic mass is 9.88. The molecule has 1 aromatic heterocycles. The molecule has 0 amide bonds. The van der Waals surface area contributed by atoms with Crippen molar-refractivity contribution in [3.8, 4) is 5.75 Å². The van der Waals surface area contributed by atoms with Crippen LogP contribution in [-0.2, 0) is 6.42 Å². The van der Waals surface area contributed by atoms with E-state index >= 15 is 0 Å². The molecule has 1 saturated heterocycles. The number of hydrogen-bond donors (Lipinski definition) is 1. The second kappa shape index (κ2) is 7.09. The van der Waals surface area contributed by atoms with Crippen LogP contribution in [0.3, 0.4) is 0 Å². The Kier molecular flexibility index (Phi) is 4.91. The highest BCUT2D eigenvalue weighted by Crippen LogP contribution is 2.29. The summed E-state index contributed by atoms with van der Waals surface area (Å²) in [5, 5.41) is 3.43. The lowest BCUT2D eigenvalue weighted by molar-refractivity contribution is 0.410. The van der Waals surface area contributed by atoms with E-state index in [9.17, 15) is 0 Å². The molecule has 0 saturated carbocycles. The van der Waals surface area contributed by atoms with Gasteiger partial charge >= 0.3 is 0 Å². The molecule has 1 fully saturated rings. The van der Waals surface area contributed by atoms with Crippen molar-refractivity contribution >= 4 is 0 Å². The average molecular weight is 311 g/mol. The van der Waals surface area contributed by atoms with Gasteiger partial charge in [0.1, 0.15) is 11.6 Å². The van der Waals surface area contributed by atoms with Gasteiger partial charge < -0.3 is 10.1 Å². The fraction of sp³-hybridized carbons (Fsp3) is 0.474. The maximum Gasteiger partial charge on any atom is 0.133 e. The first kappa shape index (κ1) is 15.9. The van der Waals surface area contributed by atoms with Crippen molar-refractivity contribution in [3.63, 3.8) is 0 Å². The Morgan fingerprint density at radius 3 is 2.39 bits per heavy atom. The molecule has 1 N–H and O–H groups in total. The van der Waals surface area contributed by atoms with Gasteiger partial charge in [-0.25, -0.2) is 9.97 Å². The minimum absolute atomic E-state index is 0.594. The number of para-hydroxylation sites is 1. The summed E-state index contributed by atoms with van der Waals surface area (Å²) in [4.78, 5) is 9.59. The molecule has 23 heavy (non-hydrogen) atoms. The monoisotopic (exact) mass is 311 g/mol. The number of benzene rings is 1. The summed E-state index contributed by atoms with van der Waals surface area (Å²) in [6.07, 6.45) is 3.06. The van der Waals surface area contributed by atoms with E-state index in [1.54, 1.807) is 7.11 Å². The Bertz CT molecular complexity index is 655. The van der Waals surface area contributed by atoms with Crippen LogP contribution in [0.25, 0.3) is 0 Å². The van der Waals surface area contributed by atoms with Crippen LogP contribution in [-0.4, -0.2) is 30.2 Å². The van der Waals surface area contributed by atoms with Gasteiger partial charge in [0.15, 0.2) is 0 Å². The minimum Gasteiger partial charge on any atom is -0.496 e. The number of nitrogens with one attached hydrogen (secondary N) is 1. The predicted molar refractivity (Wildman–Crippen MR) is 92.2 cm³/mol. The molecule has 2 heterocycles. The van der Waals surface area contributed by atoms with E-state index < -0.39 is 0 Å². The van der Waals surface area contributed by atoms with Crippen molar-refractivity contribution in [2.24, 2.45) is 0 Å². The van der Waals surface area contributed by atoms with Crippen LogP contribution in [0.4, 0.5) is 0 Å². The third-order valence-electron chi connectivity index (χ3n) is 4.66. The van der Waals surface area contributed by atoms with Crippen molar-refractivity contribution in [2.45, 2.75) is 39.0 Å². The Morgan fingerprint density at radius 2 is 1.74 bits per heavy atom. The molecular weight excluding hydrogens is 286 g/mol. The summed E-state index contributed by atoms with van der Waals surface area (Å²) < 4.78 is 5.43. The van der Waals surface area contributed by atoms with Gasteiger partial charge in [0.05, 0.1) is 7.11 Å². The zero-order valence-corrected chi connectivity index (χ0v) is 14.2. The third-order valence-corrected chi connectivity index (χ3v) is 4.66. The first-order chi connectivity index (χ1) is 11.2. The van der Waals surface area contributed by atoms with Gasteiger partial charge in [-0.1, -0.05) is 18.2 Å². The van der Waals surface area contributed by atoms with E-state index in [4.69, 9.17) is 14.7 Å². The number of hydrogen-bond acceptors (Lipinski definition) is 4. The van der Waals surface area contributed by atoms with Crippen molar-refractivity contribution in [1.29, 1.82) is 0 Å². The Hall–Kier alpha value is -1.94. The van der Waals surface area contributed by atoms with Crippen LogP contribution in [0.2, 0.25) is 0 Å². The number of methoxy groups -OCH3 is 1. The molecule has 4 nitrogen and oxygen atoms in total. The number of ether oxygens (including phenoxy) is 1. The molecule has 4 heteroatoms. The van der Waals surface area contributed by atoms with E-state index in [0.717, 1.165) is 41.6 Å². The van der Waals surface area contributed by atoms with E-state index in [2.05, 4.69) is 25.2 Å². The molecule has 1 aromatic carbocycles. The van der Waals surface area contributed by atoms with E-state index in [0.29, 0.717) is 12.3 Å². The maximum atomic E-state index is 5.43. The van der Waals surface area contributed by atoms with Crippen LogP contribution >= 0.6 is 0 Å². The van der Waals surface area contributed by atoms with E-state index in [1.165, 1.54) is 18.4 Å². The number of aromatic nitrogens is 2. The van der Waals surface area contributed by atoms with Crippen molar-refractivity contribution < 1.29 is 4.74 Å². The summed E-state index contributed by atoms with van der Waals surface area (Å²) in [5.74, 6) is 2.37. The summed E-state index contributed by atoms with van der Waals surface area (Å²) in [6, 6.07) is 8.08. The van der Waals surface area contributed by atoms with Crippen LogP contribution in [0, 0.1) is 13.8 Å². The zero-order valence-electron chi connectivity index (χ0n) is 14.2. The molecule has 2 aromatic rings. The number of rotatable bonds is 4. The fourth-order valence-electron chi connectivity index (χ4n) is 3.59. The third kappa shape index (κ3) is 3.53. The summed E-state index contributed by atoms with van der Waals surface area (Å²) in [6.45, 7) is 6.43. The summed E-state index contributed by atoms with van der Waals surface area (Å²) >= 11 is 0. The molecular formula is C19H25N3O. The Morgan fingerprint density at radius 1 is 1.09 bits per heavy atom. The SMILES string of the molecule is COc1ccccc1Cc1nc(C)c(C2CCNCC2)c(C)n1. The maximum absolute atomic E-state index is 5.43. The summed E-state index contributed by atoms with van der Waals surface area (Å²) in [7, 11) is 1.70. The Balaban J connectivity index is 1.87. The van der Waals surface area contributed by atoms with Gasteiger partial charge in [-0.2, -0.15) is 0 Å². The zero-order chi connectivity index (χ0) is 16.2. The normalized spacial score (nSPS) is 15.6. The minimum atomic E-state index is 0.594. The quantitative estimate of drug-likeness (QED) is 0.942. The highest BCUT2D eigenvalue weighted by molar-refractivity contribution is 5.36. The largest absolute Gasteiger partial charge is 0.496 e. The van der Waals surface area contributed by atoms with Crippen LogP contribution < -0.4 is 10.1 Å². The van der Waals surface area contributed by atoms with E-state index in [-0.39, 0.29) is 0 Å². The molecule has 0 aliphatic carbocycles. The van der Waals surface area contributed by atoms with E-state index in [1.807, 2.05) is 18.2 Å². The first-order valence-electron chi connectivity index (χ1n) is 8.35. The molecule has 1 aliphatic rings. The van der Waals surface area contributed by atoms with Gasteiger partial charge in [-0.3, -0.25) is 0 Å². The average Bonchev–Trinajstić information content (AvgIpc) is 2.56. The second-order valence-corrected chi connectivity index (χ2v) is 6.24. The number of aryl methyl sites for hydroxylation is 2. The molecule has 0 unspecified atom stereocenters. The molecule has 0 radical (unpaired) electrons. The van der Waals surface area contributed by atoms with Gasteiger partial charge in [0.2, 0.25) is 0 Å². The Labute approximate surface area is 138 Å². The summed E-state index contributed by atoms with van der Waals surface area (Å²) in [5.41, 5.74) is 4.75. The van der Waals surface area contributed by atoms with Crippen molar-refractivity contribution in [3.05, 3.63) is 52.6 Å². The highest BCUT2D eigenvalue weighted by atomic mass is 16.5. The molecule has 3 rings (SSSR count). The lowest BCUT2D eigenvalue weighted by Crippen LogP contribution is -2.27. The van der Waals surface area contributed by atoms with Crippen LogP contribution in [0.15, 0.2) is 24.3 Å². The van der Waals surface area contributed by atoms with Crippen LogP contribution in [0.1, 0.15) is 47.1 Å². The van der Waals surface area contributed by atoms with Crippen LogP contribution in [0.5, 0.6) is 5.75 Å². The van der Waals surface area contributed by atoms with Gasteiger partial charge in [0.25, 0.3) is 0 Å². The molecule has 1 aliphatic heterocycles. The van der Waals surface area contributed by atoms with Gasteiger partial charge in [-0.15, -0.1) is 0 Å².